The van der Waals surface area contributed by atoms with Gasteiger partial charge in [0.05, 0.1) is 4.47 Å². The van der Waals surface area contributed by atoms with Crippen LogP contribution in [-0.4, -0.2) is 7.05 Å². The van der Waals surface area contributed by atoms with Gasteiger partial charge in [-0.05, 0) is 64.8 Å². The van der Waals surface area contributed by atoms with Crippen LogP contribution in [0.15, 0.2) is 40.9 Å². The van der Waals surface area contributed by atoms with Gasteiger partial charge < -0.3 is 5.32 Å². The zero-order valence-electron chi connectivity index (χ0n) is 10.8. The Bertz CT molecular complexity index is 619. The van der Waals surface area contributed by atoms with Crippen LogP contribution in [0.1, 0.15) is 17.2 Å². The maximum atomic E-state index is 13.8. The van der Waals surface area contributed by atoms with E-state index in [0.29, 0.717) is 21.5 Å². The van der Waals surface area contributed by atoms with Crippen LogP contribution < -0.4 is 5.32 Å². The second-order valence-electron chi connectivity index (χ2n) is 4.45. The third-order valence-electron chi connectivity index (χ3n) is 3.13. The molecule has 2 aromatic rings. The van der Waals surface area contributed by atoms with E-state index in [1.807, 2.05) is 6.07 Å². The second kappa shape index (κ2) is 6.66. The molecule has 0 amide bonds. The molecule has 0 bridgehead atoms. The van der Waals surface area contributed by atoms with Crippen LogP contribution in [0.4, 0.5) is 8.78 Å². The fraction of sp³-hybridized carbons (Fsp3) is 0.200. The molecule has 0 spiro atoms. The summed E-state index contributed by atoms with van der Waals surface area (Å²) in [7, 11) is 1.76. The van der Waals surface area contributed by atoms with E-state index in [-0.39, 0.29) is 17.7 Å². The molecule has 0 heterocycles. The van der Waals surface area contributed by atoms with Crippen molar-refractivity contribution in [3.63, 3.8) is 0 Å². The average molecular weight is 361 g/mol. The quantitative estimate of drug-likeness (QED) is 0.819. The molecule has 0 aromatic heterocycles. The van der Waals surface area contributed by atoms with E-state index in [1.54, 1.807) is 25.2 Å². The molecule has 0 aliphatic carbocycles. The Balaban J connectivity index is 2.26. The average Bonchev–Trinajstić information content (AvgIpc) is 2.41. The van der Waals surface area contributed by atoms with Gasteiger partial charge in [-0.3, -0.25) is 0 Å². The Kier molecular flexibility index (Phi) is 5.13. The summed E-state index contributed by atoms with van der Waals surface area (Å²) in [6, 6.07) is 9.31. The zero-order chi connectivity index (χ0) is 14.7. The predicted molar refractivity (Wildman–Crippen MR) is 81.0 cm³/mol. The first-order chi connectivity index (χ1) is 9.51. The predicted octanol–water partition coefficient (Wildman–Crippen LogP) is 4.88. The Morgan fingerprint density at radius 3 is 2.50 bits per heavy atom. The minimum atomic E-state index is -0.352. The molecule has 1 atom stereocenters. The lowest BCUT2D eigenvalue weighted by molar-refractivity contribution is 0.548. The van der Waals surface area contributed by atoms with Crippen molar-refractivity contribution < 1.29 is 8.78 Å². The van der Waals surface area contributed by atoms with Crippen molar-refractivity contribution in [1.29, 1.82) is 0 Å². The van der Waals surface area contributed by atoms with E-state index in [0.717, 1.165) is 5.56 Å². The van der Waals surface area contributed by atoms with Crippen LogP contribution in [0.3, 0.4) is 0 Å². The summed E-state index contributed by atoms with van der Waals surface area (Å²) in [6.07, 6.45) is 0.417. The maximum absolute atomic E-state index is 13.8. The normalized spacial score (nSPS) is 12.4. The molecular weight excluding hydrogens is 348 g/mol. The van der Waals surface area contributed by atoms with Gasteiger partial charge in [0.25, 0.3) is 0 Å². The summed E-state index contributed by atoms with van der Waals surface area (Å²) in [5.74, 6) is -0.685. The number of halogens is 4. The first-order valence-electron chi connectivity index (χ1n) is 6.07. The molecule has 2 aromatic carbocycles. The molecule has 0 aliphatic heterocycles. The molecule has 1 unspecified atom stereocenters. The highest BCUT2D eigenvalue weighted by Gasteiger charge is 2.14. The van der Waals surface area contributed by atoms with Gasteiger partial charge in [-0.1, -0.05) is 23.7 Å². The topological polar surface area (TPSA) is 12.0 Å². The Labute approximate surface area is 130 Å². The van der Waals surface area contributed by atoms with Crippen LogP contribution in [0.2, 0.25) is 5.02 Å². The third kappa shape index (κ3) is 3.57. The summed E-state index contributed by atoms with van der Waals surface area (Å²) in [5.41, 5.74) is 1.31. The number of nitrogens with one attached hydrogen (secondary N) is 1. The summed E-state index contributed by atoms with van der Waals surface area (Å²) in [4.78, 5) is 0. The van der Waals surface area contributed by atoms with Gasteiger partial charge in [0.15, 0.2) is 0 Å². The molecule has 0 fully saturated rings. The van der Waals surface area contributed by atoms with Gasteiger partial charge >= 0.3 is 0 Å². The van der Waals surface area contributed by atoms with Crippen LogP contribution in [0.25, 0.3) is 0 Å². The van der Waals surface area contributed by atoms with E-state index in [2.05, 4.69) is 21.2 Å². The summed E-state index contributed by atoms with van der Waals surface area (Å²) < 4.78 is 27.8. The van der Waals surface area contributed by atoms with Crippen molar-refractivity contribution in [1.82, 2.24) is 5.32 Å². The molecule has 5 heteroatoms. The summed E-state index contributed by atoms with van der Waals surface area (Å²) >= 11 is 8.85. The Morgan fingerprint density at radius 1 is 1.15 bits per heavy atom. The second-order valence-corrected chi connectivity index (χ2v) is 5.75. The van der Waals surface area contributed by atoms with Crippen LogP contribution in [-0.2, 0) is 6.42 Å². The number of hydrogen-bond donors (Lipinski definition) is 1. The minimum Gasteiger partial charge on any atom is -0.313 e. The van der Waals surface area contributed by atoms with E-state index in [9.17, 15) is 8.78 Å². The molecule has 0 radical (unpaired) electrons. The lowest BCUT2D eigenvalue weighted by Crippen LogP contribution is -2.19. The lowest BCUT2D eigenvalue weighted by Gasteiger charge is -2.17. The fourth-order valence-corrected chi connectivity index (χ4v) is 2.43. The molecule has 1 N–H and O–H groups in total. The molecule has 20 heavy (non-hydrogen) atoms. The van der Waals surface area contributed by atoms with Gasteiger partial charge in [0.1, 0.15) is 11.6 Å². The maximum Gasteiger partial charge on any atom is 0.137 e. The van der Waals surface area contributed by atoms with Crippen LogP contribution >= 0.6 is 27.5 Å². The van der Waals surface area contributed by atoms with E-state index < -0.39 is 0 Å². The number of likely N-dealkylation sites (N-methyl/N-ethyl adjacent to an activating group) is 1. The number of hydrogen-bond acceptors (Lipinski definition) is 1. The molecule has 0 saturated carbocycles. The first kappa shape index (κ1) is 15.4. The summed E-state index contributed by atoms with van der Waals surface area (Å²) in [6.45, 7) is 0. The van der Waals surface area contributed by atoms with Crippen molar-refractivity contribution in [2.75, 3.05) is 7.05 Å². The SMILES string of the molecule is CNC(Cc1ccc(Cl)cc1F)c1ccc(Br)c(F)c1. The molecule has 106 valence electrons. The molecule has 0 saturated heterocycles. The van der Waals surface area contributed by atoms with Crippen molar-refractivity contribution in [3.05, 3.63) is 68.7 Å². The minimum absolute atomic E-state index is 0.173. The Hall–Kier alpha value is -0.970. The van der Waals surface area contributed by atoms with Gasteiger partial charge in [-0.15, -0.1) is 0 Å². The highest BCUT2D eigenvalue weighted by atomic mass is 79.9. The molecule has 0 aliphatic rings. The van der Waals surface area contributed by atoms with Crippen molar-refractivity contribution in [2.24, 2.45) is 0 Å². The van der Waals surface area contributed by atoms with E-state index >= 15 is 0 Å². The fourth-order valence-electron chi connectivity index (χ4n) is 2.02. The van der Waals surface area contributed by atoms with Gasteiger partial charge in [0, 0.05) is 11.1 Å². The standard InChI is InChI=1S/C15H13BrClF2N/c1-20-15(10-3-5-12(16)14(19)6-10)7-9-2-4-11(17)8-13(9)18/h2-6,8,15,20H,7H2,1H3. The van der Waals surface area contributed by atoms with Crippen LogP contribution in [0.5, 0.6) is 0 Å². The summed E-state index contributed by atoms with van der Waals surface area (Å²) in [5, 5.41) is 3.44. The van der Waals surface area contributed by atoms with Crippen LogP contribution in [0, 0.1) is 11.6 Å². The molecule has 1 nitrogen and oxygen atoms in total. The first-order valence-corrected chi connectivity index (χ1v) is 7.24. The van der Waals surface area contributed by atoms with Crippen molar-refractivity contribution in [3.8, 4) is 0 Å². The molecule has 2 rings (SSSR count). The highest BCUT2D eigenvalue weighted by Crippen LogP contribution is 2.25. The molecular formula is C15H13BrClF2N. The number of rotatable bonds is 4. The van der Waals surface area contributed by atoms with Gasteiger partial charge in [-0.2, -0.15) is 0 Å². The largest absolute Gasteiger partial charge is 0.313 e. The highest BCUT2D eigenvalue weighted by molar-refractivity contribution is 9.10. The number of benzene rings is 2. The van der Waals surface area contributed by atoms with Crippen molar-refractivity contribution in [2.45, 2.75) is 12.5 Å². The van der Waals surface area contributed by atoms with E-state index in [4.69, 9.17) is 11.6 Å². The lowest BCUT2D eigenvalue weighted by atomic mass is 9.98. The van der Waals surface area contributed by atoms with Gasteiger partial charge in [0.2, 0.25) is 0 Å². The zero-order valence-corrected chi connectivity index (χ0v) is 13.1. The Morgan fingerprint density at radius 2 is 1.90 bits per heavy atom. The third-order valence-corrected chi connectivity index (χ3v) is 4.01. The smallest absolute Gasteiger partial charge is 0.137 e. The van der Waals surface area contributed by atoms with E-state index in [1.165, 1.54) is 12.1 Å². The van der Waals surface area contributed by atoms with Crippen molar-refractivity contribution >= 4 is 27.5 Å². The monoisotopic (exact) mass is 359 g/mol. The van der Waals surface area contributed by atoms with Gasteiger partial charge in [-0.25, -0.2) is 8.78 Å².